The van der Waals surface area contributed by atoms with Gasteiger partial charge in [-0.15, -0.1) is 0 Å². The van der Waals surface area contributed by atoms with Crippen molar-refractivity contribution >= 4 is 13.8 Å². The van der Waals surface area contributed by atoms with Gasteiger partial charge in [-0.25, -0.2) is 0 Å². The second-order valence-electron chi connectivity index (χ2n) is 3.57. The quantitative estimate of drug-likeness (QED) is 0.670. The molecule has 11 heavy (non-hydrogen) atoms. The molecule has 1 atom stereocenters. The Morgan fingerprint density at radius 1 is 1.45 bits per heavy atom. The summed E-state index contributed by atoms with van der Waals surface area (Å²) in [5.41, 5.74) is 0. The fourth-order valence-corrected chi connectivity index (χ4v) is 1.79. The van der Waals surface area contributed by atoms with Crippen molar-refractivity contribution in [2.45, 2.75) is 32.3 Å². The maximum Gasteiger partial charge on any atom is 0.303 e. The Bertz CT molecular complexity index is 169. The molecule has 0 aromatic rings. The standard InChI is InChI=1S/C7H15O3P/c1-7(2,3)11(10)5-4-6(8)9/h11H,4-5H2,1-3H3,(H,8,9). The van der Waals surface area contributed by atoms with Crippen LogP contribution in [0.3, 0.4) is 0 Å². The average Bonchev–Trinajstić information content (AvgIpc) is 1.80. The van der Waals surface area contributed by atoms with Crippen molar-refractivity contribution in [3.05, 3.63) is 0 Å². The van der Waals surface area contributed by atoms with Crippen LogP contribution in [0.2, 0.25) is 0 Å². The van der Waals surface area contributed by atoms with Crippen LogP contribution in [0.15, 0.2) is 0 Å². The maximum absolute atomic E-state index is 11.3. The van der Waals surface area contributed by atoms with E-state index in [0.717, 1.165) is 0 Å². The van der Waals surface area contributed by atoms with E-state index in [0.29, 0.717) is 6.16 Å². The van der Waals surface area contributed by atoms with Crippen LogP contribution in [0.1, 0.15) is 27.2 Å². The monoisotopic (exact) mass is 178 g/mol. The summed E-state index contributed by atoms with van der Waals surface area (Å²) in [6.07, 6.45) is 0.346. The zero-order valence-corrected chi connectivity index (χ0v) is 8.18. The lowest BCUT2D eigenvalue weighted by atomic mass is 10.3. The molecule has 0 aliphatic rings. The van der Waals surface area contributed by atoms with Crippen LogP contribution < -0.4 is 0 Å². The molecule has 1 N–H and O–H groups in total. The highest BCUT2D eigenvalue weighted by atomic mass is 31.1. The first-order valence-electron chi connectivity index (χ1n) is 3.59. The van der Waals surface area contributed by atoms with Gasteiger partial charge in [0.15, 0.2) is 0 Å². The van der Waals surface area contributed by atoms with E-state index in [9.17, 15) is 9.36 Å². The summed E-state index contributed by atoms with van der Waals surface area (Å²) in [5.74, 6) is -0.868. The third-order valence-corrected chi connectivity index (χ3v) is 3.78. The van der Waals surface area contributed by atoms with Crippen molar-refractivity contribution < 1.29 is 14.5 Å². The van der Waals surface area contributed by atoms with Crippen LogP contribution in [0, 0.1) is 0 Å². The summed E-state index contributed by atoms with van der Waals surface area (Å²) in [7, 11) is -1.73. The Morgan fingerprint density at radius 2 is 1.91 bits per heavy atom. The summed E-state index contributed by atoms with van der Waals surface area (Å²) in [5, 5.41) is 8.08. The van der Waals surface area contributed by atoms with Crippen molar-refractivity contribution in [3.63, 3.8) is 0 Å². The third-order valence-electron chi connectivity index (χ3n) is 1.40. The van der Waals surface area contributed by atoms with Crippen molar-refractivity contribution in [3.8, 4) is 0 Å². The first-order valence-corrected chi connectivity index (χ1v) is 5.20. The van der Waals surface area contributed by atoms with Gasteiger partial charge in [0.2, 0.25) is 0 Å². The smallest absolute Gasteiger partial charge is 0.303 e. The number of hydrogen-bond acceptors (Lipinski definition) is 2. The van der Waals surface area contributed by atoms with E-state index >= 15 is 0 Å². The Balaban J connectivity index is 3.80. The lowest BCUT2D eigenvalue weighted by Gasteiger charge is -2.16. The minimum absolute atomic E-state index is 0.0229. The summed E-state index contributed by atoms with van der Waals surface area (Å²) in [4.78, 5) is 10.1. The van der Waals surface area contributed by atoms with Gasteiger partial charge < -0.3 is 9.67 Å². The summed E-state index contributed by atoms with van der Waals surface area (Å²) in [6, 6.07) is 0. The highest BCUT2D eigenvalue weighted by Crippen LogP contribution is 2.38. The van der Waals surface area contributed by atoms with Gasteiger partial charge in [0, 0.05) is 11.3 Å². The van der Waals surface area contributed by atoms with Gasteiger partial charge in [-0.3, -0.25) is 4.79 Å². The molecule has 0 radical (unpaired) electrons. The molecule has 0 fully saturated rings. The van der Waals surface area contributed by atoms with Crippen LogP contribution in [0.25, 0.3) is 0 Å². The average molecular weight is 178 g/mol. The Morgan fingerprint density at radius 3 is 2.18 bits per heavy atom. The Hall–Kier alpha value is -0.300. The topological polar surface area (TPSA) is 54.4 Å². The first-order chi connectivity index (χ1) is 4.84. The highest BCUT2D eigenvalue weighted by Gasteiger charge is 2.19. The van der Waals surface area contributed by atoms with E-state index in [-0.39, 0.29) is 11.6 Å². The molecule has 0 aromatic heterocycles. The molecule has 0 aliphatic heterocycles. The fourth-order valence-electron chi connectivity index (χ4n) is 0.595. The van der Waals surface area contributed by atoms with Gasteiger partial charge in [0.05, 0.1) is 14.2 Å². The molecule has 0 bridgehead atoms. The van der Waals surface area contributed by atoms with Crippen LogP contribution in [-0.2, 0) is 9.36 Å². The molecule has 3 nitrogen and oxygen atoms in total. The Kier molecular flexibility index (Phi) is 3.81. The first kappa shape index (κ1) is 10.7. The molecule has 66 valence electrons. The van der Waals surface area contributed by atoms with Crippen LogP contribution >= 0.6 is 7.80 Å². The van der Waals surface area contributed by atoms with E-state index in [2.05, 4.69) is 0 Å². The molecule has 4 heteroatoms. The number of carboxylic acid groups (broad SMARTS) is 1. The Labute approximate surface area is 67.6 Å². The van der Waals surface area contributed by atoms with Gasteiger partial charge in [0.25, 0.3) is 0 Å². The van der Waals surface area contributed by atoms with Gasteiger partial charge in [-0.05, 0) is 0 Å². The lowest BCUT2D eigenvalue weighted by Crippen LogP contribution is -2.10. The van der Waals surface area contributed by atoms with Gasteiger partial charge in [-0.1, -0.05) is 20.8 Å². The largest absolute Gasteiger partial charge is 0.481 e. The van der Waals surface area contributed by atoms with E-state index in [1.54, 1.807) is 0 Å². The van der Waals surface area contributed by atoms with Crippen LogP contribution in [0.4, 0.5) is 0 Å². The lowest BCUT2D eigenvalue weighted by molar-refractivity contribution is -0.136. The number of aliphatic carboxylic acids is 1. The number of hydrogen-bond donors (Lipinski definition) is 1. The SMILES string of the molecule is CC(C)(C)[PH](=O)CCC(=O)O. The number of carboxylic acids is 1. The van der Waals surface area contributed by atoms with Gasteiger partial charge in [-0.2, -0.15) is 0 Å². The molecule has 0 heterocycles. The fraction of sp³-hybridized carbons (Fsp3) is 0.857. The molecule has 0 aromatic carbocycles. The second-order valence-corrected chi connectivity index (χ2v) is 6.41. The molecule has 0 spiro atoms. The van der Waals surface area contributed by atoms with Gasteiger partial charge in [0.1, 0.15) is 0 Å². The van der Waals surface area contributed by atoms with Crippen molar-refractivity contribution in [1.82, 2.24) is 0 Å². The molecule has 0 amide bonds. The molecule has 0 rings (SSSR count). The minimum Gasteiger partial charge on any atom is -0.481 e. The van der Waals surface area contributed by atoms with Crippen LogP contribution in [0.5, 0.6) is 0 Å². The predicted octanol–water partition coefficient (Wildman–Crippen LogP) is 1.82. The van der Waals surface area contributed by atoms with E-state index in [1.165, 1.54) is 0 Å². The molecule has 0 saturated heterocycles. The molecule has 1 unspecified atom stereocenters. The minimum atomic E-state index is -1.73. The zero-order valence-electron chi connectivity index (χ0n) is 7.18. The normalized spacial score (nSPS) is 14.5. The van der Waals surface area contributed by atoms with E-state index in [1.807, 2.05) is 20.8 Å². The van der Waals surface area contributed by atoms with E-state index < -0.39 is 13.8 Å². The molecule has 0 saturated carbocycles. The maximum atomic E-state index is 11.3. The molecule has 0 aliphatic carbocycles. The summed E-state index contributed by atoms with van der Waals surface area (Å²) >= 11 is 0. The van der Waals surface area contributed by atoms with Crippen molar-refractivity contribution in [2.24, 2.45) is 0 Å². The van der Waals surface area contributed by atoms with Crippen LogP contribution in [-0.4, -0.2) is 22.4 Å². The molecular formula is C7H15O3P. The number of carbonyl (C=O) groups is 1. The van der Waals surface area contributed by atoms with E-state index in [4.69, 9.17) is 5.11 Å². The van der Waals surface area contributed by atoms with Gasteiger partial charge >= 0.3 is 5.97 Å². The summed E-state index contributed by atoms with van der Waals surface area (Å²) in [6.45, 7) is 5.61. The predicted molar refractivity (Wildman–Crippen MR) is 45.9 cm³/mol. The number of rotatable bonds is 3. The zero-order chi connectivity index (χ0) is 9.07. The third kappa shape index (κ3) is 5.02. The molecular weight excluding hydrogens is 163 g/mol. The van der Waals surface area contributed by atoms with Crippen molar-refractivity contribution in [1.29, 1.82) is 0 Å². The summed E-state index contributed by atoms with van der Waals surface area (Å²) < 4.78 is 11.3. The van der Waals surface area contributed by atoms with Crippen molar-refractivity contribution in [2.75, 3.05) is 6.16 Å². The highest BCUT2D eigenvalue weighted by molar-refractivity contribution is 7.46. The second kappa shape index (κ2) is 3.91.